The fourth-order valence-electron chi connectivity index (χ4n) is 2.68. The molecule has 0 saturated carbocycles. The molecule has 0 fully saturated rings. The monoisotopic (exact) mass is 435 g/mol. The van der Waals surface area contributed by atoms with E-state index >= 15 is 0 Å². The Labute approximate surface area is 175 Å². The summed E-state index contributed by atoms with van der Waals surface area (Å²) in [5.74, 6) is 0.405. The topological polar surface area (TPSA) is 56.1 Å². The third-order valence-electron chi connectivity index (χ3n) is 4.13. The standard InChI is InChI=1S/C21H17ClF3N3O2/c1-13-11-19(26-20(29)10-5-14-3-7-16(30-2)8-4-14)28(27-13)18-12-15(21(23,24)25)6-9-17(18)22/h3-12H,1-2H3,(H,26,29). The summed E-state index contributed by atoms with van der Waals surface area (Å²) in [6.45, 7) is 1.65. The molecule has 0 aliphatic heterocycles. The SMILES string of the molecule is COc1ccc(C=CC(=O)Nc2cc(C)nn2-c2cc(C(F)(F)F)ccc2Cl)cc1. The molecule has 0 spiro atoms. The lowest BCUT2D eigenvalue weighted by Crippen LogP contribution is -2.13. The van der Waals surface area contributed by atoms with Gasteiger partial charge in [0.2, 0.25) is 5.91 Å². The van der Waals surface area contributed by atoms with E-state index in [9.17, 15) is 18.0 Å². The van der Waals surface area contributed by atoms with Crippen molar-refractivity contribution in [2.24, 2.45) is 0 Å². The summed E-state index contributed by atoms with van der Waals surface area (Å²) in [6.07, 6.45) is -1.63. The number of benzene rings is 2. The minimum atomic E-state index is -4.54. The molecule has 0 saturated heterocycles. The quantitative estimate of drug-likeness (QED) is 0.537. The predicted octanol–water partition coefficient (Wildman–Crippen LogP) is 5.51. The zero-order chi connectivity index (χ0) is 21.9. The summed E-state index contributed by atoms with van der Waals surface area (Å²) >= 11 is 6.10. The summed E-state index contributed by atoms with van der Waals surface area (Å²) in [7, 11) is 1.56. The van der Waals surface area contributed by atoms with Crippen LogP contribution in [0.25, 0.3) is 11.8 Å². The lowest BCUT2D eigenvalue weighted by molar-refractivity contribution is -0.137. The Morgan fingerprint density at radius 3 is 2.50 bits per heavy atom. The van der Waals surface area contributed by atoms with Gasteiger partial charge in [-0.3, -0.25) is 4.79 Å². The van der Waals surface area contributed by atoms with Gasteiger partial charge in [-0.25, -0.2) is 4.68 Å². The van der Waals surface area contributed by atoms with Crippen molar-refractivity contribution in [2.75, 3.05) is 12.4 Å². The Balaban J connectivity index is 1.85. The number of aryl methyl sites for hydroxylation is 1. The molecule has 0 atom stereocenters. The molecule has 1 amide bonds. The van der Waals surface area contributed by atoms with Gasteiger partial charge in [-0.1, -0.05) is 23.7 Å². The van der Waals surface area contributed by atoms with Crippen LogP contribution in [0.5, 0.6) is 5.75 Å². The molecule has 0 bridgehead atoms. The predicted molar refractivity (Wildman–Crippen MR) is 109 cm³/mol. The van der Waals surface area contributed by atoms with Gasteiger partial charge in [0, 0.05) is 12.1 Å². The highest BCUT2D eigenvalue weighted by Crippen LogP contribution is 2.34. The first-order valence-corrected chi connectivity index (χ1v) is 9.12. The molecule has 1 N–H and O–H groups in total. The van der Waals surface area contributed by atoms with Crippen LogP contribution in [0.15, 0.2) is 54.6 Å². The number of hydrogen-bond donors (Lipinski definition) is 1. The third kappa shape index (κ3) is 5.01. The number of rotatable bonds is 5. The van der Waals surface area contributed by atoms with E-state index in [0.29, 0.717) is 11.4 Å². The van der Waals surface area contributed by atoms with E-state index < -0.39 is 17.6 Å². The van der Waals surface area contributed by atoms with Gasteiger partial charge in [0.15, 0.2) is 0 Å². The maximum atomic E-state index is 13.1. The van der Waals surface area contributed by atoms with Crippen molar-refractivity contribution >= 4 is 29.4 Å². The van der Waals surface area contributed by atoms with E-state index in [4.69, 9.17) is 16.3 Å². The first-order valence-electron chi connectivity index (χ1n) is 8.74. The number of anilines is 1. The van der Waals surface area contributed by atoms with Crippen molar-refractivity contribution in [3.8, 4) is 11.4 Å². The minimum absolute atomic E-state index is 0.00836. The molecule has 3 aromatic rings. The van der Waals surface area contributed by atoms with Crippen molar-refractivity contribution in [1.82, 2.24) is 9.78 Å². The van der Waals surface area contributed by atoms with Gasteiger partial charge in [-0.2, -0.15) is 18.3 Å². The second kappa shape index (κ2) is 8.62. The lowest BCUT2D eigenvalue weighted by atomic mass is 10.2. The smallest absolute Gasteiger partial charge is 0.416 e. The number of aromatic nitrogens is 2. The van der Waals surface area contributed by atoms with E-state index in [-0.39, 0.29) is 16.5 Å². The van der Waals surface area contributed by atoms with Gasteiger partial charge >= 0.3 is 6.18 Å². The van der Waals surface area contributed by atoms with E-state index in [1.807, 2.05) is 0 Å². The summed E-state index contributed by atoms with van der Waals surface area (Å²) in [4.78, 5) is 12.3. The highest BCUT2D eigenvalue weighted by Gasteiger charge is 2.31. The molecule has 1 aromatic heterocycles. The van der Waals surface area contributed by atoms with E-state index in [1.54, 1.807) is 44.4 Å². The highest BCUT2D eigenvalue weighted by atomic mass is 35.5. The molecule has 30 heavy (non-hydrogen) atoms. The van der Waals surface area contributed by atoms with Crippen LogP contribution in [0.2, 0.25) is 5.02 Å². The van der Waals surface area contributed by atoms with Crippen LogP contribution in [0.1, 0.15) is 16.8 Å². The number of alkyl halides is 3. The minimum Gasteiger partial charge on any atom is -0.497 e. The van der Waals surface area contributed by atoms with Crippen molar-refractivity contribution in [3.05, 3.63) is 76.5 Å². The number of nitrogens with one attached hydrogen (secondary N) is 1. The average molecular weight is 436 g/mol. The third-order valence-corrected chi connectivity index (χ3v) is 4.45. The fraction of sp³-hybridized carbons (Fsp3) is 0.143. The highest BCUT2D eigenvalue weighted by molar-refractivity contribution is 6.32. The molecule has 2 aromatic carbocycles. The number of hydrogen-bond acceptors (Lipinski definition) is 3. The van der Waals surface area contributed by atoms with Crippen molar-refractivity contribution in [2.45, 2.75) is 13.1 Å². The maximum absolute atomic E-state index is 13.1. The molecule has 0 aliphatic carbocycles. The second-order valence-electron chi connectivity index (χ2n) is 6.34. The number of ether oxygens (including phenoxy) is 1. The maximum Gasteiger partial charge on any atom is 0.416 e. The molecule has 1 heterocycles. The van der Waals surface area contributed by atoms with Gasteiger partial charge in [0.25, 0.3) is 0 Å². The van der Waals surface area contributed by atoms with Crippen LogP contribution in [-0.2, 0) is 11.0 Å². The van der Waals surface area contributed by atoms with Gasteiger partial charge in [0.1, 0.15) is 11.6 Å². The van der Waals surface area contributed by atoms with E-state index in [2.05, 4.69) is 10.4 Å². The van der Waals surface area contributed by atoms with Crippen LogP contribution in [0.4, 0.5) is 19.0 Å². The molecular formula is C21H17ClF3N3O2. The van der Waals surface area contributed by atoms with Crippen LogP contribution >= 0.6 is 11.6 Å². The molecular weight excluding hydrogens is 419 g/mol. The summed E-state index contributed by atoms with van der Waals surface area (Å²) < 4.78 is 45.5. The molecule has 156 valence electrons. The van der Waals surface area contributed by atoms with Gasteiger partial charge in [-0.05, 0) is 48.9 Å². The van der Waals surface area contributed by atoms with Crippen molar-refractivity contribution < 1.29 is 22.7 Å². The van der Waals surface area contributed by atoms with Gasteiger partial charge in [0.05, 0.1) is 29.1 Å². The fourth-order valence-corrected chi connectivity index (χ4v) is 2.88. The second-order valence-corrected chi connectivity index (χ2v) is 6.75. The summed E-state index contributed by atoms with van der Waals surface area (Å²) in [5.41, 5.74) is 0.412. The molecule has 3 rings (SSSR count). The van der Waals surface area contributed by atoms with Crippen molar-refractivity contribution in [3.63, 3.8) is 0 Å². The van der Waals surface area contributed by atoms with Crippen LogP contribution in [0, 0.1) is 6.92 Å². The van der Waals surface area contributed by atoms with Crippen LogP contribution in [0.3, 0.4) is 0 Å². The zero-order valence-electron chi connectivity index (χ0n) is 16.0. The summed E-state index contributed by atoms with van der Waals surface area (Å²) in [5, 5.41) is 6.85. The normalized spacial score (nSPS) is 11.7. The van der Waals surface area contributed by atoms with E-state index in [1.165, 1.54) is 16.8 Å². The Morgan fingerprint density at radius 2 is 1.87 bits per heavy atom. The first kappa shape index (κ1) is 21.4. The van der Waals surface area contributed by atoms with Crippen LogP contribution in [-0.4, -0.2) is 22.8 Å². The van der Waals surface area contributed by atoms with E-state index in [0.717, 1.165) is 23.8 Å². The molecule has 0 unspecified atom stereocenters. The molecule has 9 heteroatoms. The Morgan fingerprint density at radius 1 is 1.17 bits per heavy atom. The molecule has 0 aliphatic rings. The van der Waals surface area contributed by atoms with Crippen LogP contribution < -0.4 is 10.1 Å². The van der Waals surface area contributed by atoms with Crippen molar-refractivity contribution in [1.29, 1.82) is 0 Å². The summed E-state index contributed by atoms with van der Waals surface area (Å²) in [6, 6.07) is 11.5. The zero-order valence-corrected chi connectivity index (χ0v) is 16.8. The lowest BCUT2D eigenvalue weighted by Gasteiger charge is -2.13. The first-order chi connectivity index (χ1) is 14.2. The Kier molecular flexibility index (Phi) is 6.17. The Bertz CT molecular complexity index is 1090. The number of halogens is 4. The number of methoxy groups -OCH3 is 1. The number of nitrogens with zero attached hydrogens (tertiary/aromatic N) is 2. The number of carbonyl (C=O) groups is 1. The Hall–Kier alpha value is -3.26. The molecule has 0 radical (unpaired) electrons. The molecule has 5 nitrogen and oxygen atoms in total. The number of carbonyl (C=O) groups excluding carboxylic acids is 1. The number of amides is 1. The van der Waals surface area contributed by atoms with Gasteiger partial charge in [-0.15, -0.1) is 0 Å². The van der Waals surface area contributed by atoms with Gasteiger partial charge < -0.3 is 10.1 Å². The largest absolute Gasteiger partial charge is 0.497 e. The average Bonchev–Trinajstić information content (AvgIpc) is 3.06.